The predicted octanol–water partition coefficient (Wildman–Crippen LogP) is 0.875. The fourth-order valence-electron chi connectivity index (χ4n) is 1.04. The van der Waals surface area contributed by atoms with Crippen LogP contribution >= 0.6 is 12.2 Å². The van der Waals surface area contributed by atoms with Crippen LogP contribution in [0.4, 0.5) is 0 Å². The lowest BCUT2D eigenvalue weighted by atomic mass is 10.3. The van der Waals surface area contributed by atoms with Gasteiger partial charge in [0, 0.05) is 5.56 Å². The molecule has 2 N–H and O–H groups in total. The molecule has 6 heteroatoms. The third kappa shape index (κ3) is 1.48. The third-order valence-corrected chi connectivity index (χ3v) is 2.01. The summed E-state index contributed by atoms with van der Waals surface area (Å²) in [5.74, 6) is 0. The second-order valence-corrected chi connectivity index (χ2v) is 2.96. The van der Waals surface area contributed by atoms with Gasteiger partial charge in [-0.1, -0.05) is 0 Å². The molecule has 5 nitrogen and oxygen atoms in total. The predicted molar refractivity (Wildman–Crippen MR) is 48.0 cm³/mol. The summed E-state index contributed by atoms with van der Waals surface area (Å²) in [6.07, 6.45) is 3.13. The smallest absolute Gasteiger partial charge is 0.342 e. The van der Waals surface area contributed by atoms with Crippen molar-refractivity contribution >= 4 is 12.2 Å². The van der Waals surface area contributed by atoms with E-state index in [2.05, 4.69) is 10.2 Å². The maximum atomic E-state index is 11.1. The van der Waals surface area contributed by atoms with E-state index in [9.17, 15) is 4.79 Å². The van der Waals surface area contributed by atoms with Crippen molar-refractivity contribution < 1.29 is 4.42 Å². The molecule has 0 saturated heterocycles. The van der Waals surface area contributed by atoms with Gasteiger partial charge in [-0.3, -0.25) is 9.67 Å². The third-order valence-electron chi connectivity index (χ3n) is 1.69. The Morgan fingerprint density at radius 1 is 1.54 bits per heavy atom. The molecule has 0 aliphatic heterocycles. The van der Waals surface area contributed by atoms with Crippen molar-refractivity contribution in [2.75, 3.05) is 0 Å². The second-order valence-electron chi connectivity index (χ2n) is 2.58. The number of rotatable bonds is 2. The van der Waals surface area contributed by atoms with Gasteiger partial charge in [0.15, 0.2) is 4.77 Å². The van der Waals surface area contributed by atoms with Crippen molar-refractivity contribution in [3.8, 4) is 0 Å². The summed E-state index contributed by atoms with van der Waals surface area (Å²) in [5, 5.41) is 4.96. The quantitative estimate of drug-likeness (QED) is 0.702. The van der Waals surface area contributed by atoms with Crippen LogP contribution in [0.1, 0.15) is 5.56 Å². The minimum atomic E-state index is -0.244. The van der Waals surface area contributed by atoms with Gasteiger partial charge in [-0.2, -0.15) is 0 Å². The van der Waals surface area contributed by atoms with Crippen molar-refractivity contribution in [1.82, 2.24) is 14.8 Å². The topological polar surface area (TPSA) is 66.7 Å². The van der Waals surface area contributed by atoms with Crippen LogP contribution in [0, 0.1) is 4.77 Å². The summed E-state index contributed by atoms with van der Waals surface area (Å²) in [7, 11) is 0. The maximum Gasteiger partial charge on any atom is 0.342 e. The van der Waals surface area contributed by atoms with Gasteiger partial charge in [-0.05, 0) is 18.3 Å². The second kappa shape index (κ2) is 3.06. The molecule has 0 aliphatic carbocycles. The van der Waals surface area contributed by atoms with Crippen LogP contribution in [-0.2, 0) is 6.54 Å². The molecular formula is C7H7N3O2S. The Bertz CT molecular complexity index is 463. The molecular weight excluding hydrogens is 190 g/mol. The molecule has 0 fully saturated rings. The van der Waals surface area contributed by atoms with Gasteiger partial charge in [-0.15, -0.1) is 0 Å². The summed E-state index contributed by atoms with van der Waals surface area (Å²) in [4.78, 5) is 11.1. The molecule has 0 bridgehead atoms. The molecule has 0 amide bonds. The van der Waals surface area contributed by atoms with Gasteiger partial charge in [0.05, 0.1) is 19.1 Å². The zero-order valence-electron chi connectivity index (χ0n) is 6.61. The number of furan rings is 1. The molecule has 2 aromatic rings. The minimum Gasteiger partial charge on any atom is -0.472 e. The van der Waals surface area contributed by atoms with Gasteiger partial charge in [0.1, 0.15) is 0 Å². The van der Waals surface area contributed by atoms with E-state index in [0.29, 0.717) is 11.3 Å². The first-order valence-corrected chi connectivity index (χ1v) is 4.07. The summed E-state index contributed by atoms with van der Waals surface area (Å²) >= 11 is 4.89. The molecule has 0 atom stereocenters. The van der Waals surface area contributed by atoms with Crippen molar-refractivity contribution in [3.63, 3.8) is 0 Å². The molecule has 0 spiro atoms. The molecule has 2 rings (SSSR count). The summed E-state index contributed by atoms with van der Waals surface area (Å²) in [5.41, 5.74) is 0.660. The van der Waals surface area contributed by atoms with Crippen LogP contribution in [0.15, 0.2) is 27.8 Å². The van der Waals surface area contributed by atoms with Crippen LogP contribution in [0.2, 0.25) is 0 Å². The summed E-state index contributed by atoms with van der Waals surface area (Å²) in [6.45, 7) is 0.425. The minimum absolute atomic E-state index is 0.244. The standard InChI is InChI=1S/C7H7N3O2S/c11-6-8-9-7(13)10(6)3-5-1-2-12-4-5/h1-2,4H,3H2,(H,8,11)(H,9,13). The van der Waals surface area contributed by atoms with Crippen LogP contribution < -0.4 is 5.69 Å². The van der Waals surface area contributed by atoms with Gasteiger partial charge in [0.2, 0.25) is 0 Å². The molecule has 13 heavy (non-hydrogen) atoms. The Morgan fingerprint density at radius 3 is 2.92 bits per heavy atom. The first kappa shape index (κ1) is 8.06. The van der Waals surface area contributed by atoms with Crippen LogP contribution in [-0.4, -0.2) is 14.8 Å². The van der Waals surface area contributed by atoms with Crippen molar-refractivity contribution in [3.05, 3.63) is 39.4 Å². The number of aromatic amines is 2. The van der Waals surface area contributed by atoms with Gasteiger partial charge < -0.3 is 4.42 Å². The SMILES string of the molecule is O=c1[nH][nH]c(=S)n1Cc1ccoc1. The van der Waals surface area contributed by atoms with E-state index < -0.39 is 0 Å². The van der Waals surface area contributed by atoms with Crippen molar-refractivity contribution in [1.29, 1.82) is 0 Å². The Balaban J connectivity index is 2.38. The van der Waals surface area contributed by atoms with Crippen molar-refractivity contribution in [2.45, 2.75) is 6.54 Å². The monoisotopic (exact) mass is 197 g/mol. The highest BCUT2D eigenvalue weighted by atomic mass is 32.1. The fourth-order valence-corrected chi connectivity index (χ4v) is 1.24. The Kier molecular flexibility index (Phi) is 1.90. The highest BCUT2D eigenvalue weighted by Crippen LogP contribution is 2.01. The average Bonchev–Trinajstić information content (AvgIpc) is 2.70. The van der Waals surface area contributed by atoms with E-state index in [-0.39, 0.29) is 5.69 Å². The first-order chi connectivity index (χ1) is 6.27. The number of aromatic nitrogens is 3. The van der Waals surface area contributed by atoms with Gasteiger partial charge in [0.25, 0.3) is 0 Å². The highest BCUT2D eigenvalue weighted by Gasteiger charge is 2.01. The van der Waals surface area contributed by atoms with Gasteiger partial charge >= 0.3 is 5.69 Å². The highest BCUT2D eigenvalue weighted by molar-refractivity contribution is 7.71. The number of H-pyrrole nitrogens is 2. The molecule has 2 heterocycles. The molecule has 0 radical (unpaired) electrons. The number of nitrogens with zero attached hydrogens (tertiary/aromatic N) is 1. The molecule has 0 aromatic carbocycles. The van der Waals surface area contributed by atoms with E-state index >= 15 is 0 Å². The number of nitrogens with one attached hydrogen (secondary N) is 2. The molecule has 0 saturated carbocycles. The van der Waals surface area contributed by atoms with E-state index in [1.807, 2.05) is 0 Å². The van der Waals surface area contributed by atoms with Crippen LogP contribution in [0.3, 0.4) is 0 Å². The van der Waals surface area contributed by atoms with Gasteiger partial charge in [-0.25, -0.2) is 9.89 Å². The molecule has 2 aromatic heterocycles. The largest absolute Gasteiger partial charge is 0.472 e. The molecule has 68 valence electrons. The van der Waals surface area contributed by atoms with E-state index in [0.717, 1.165) is 5.56 Å². The lowest BCUT2D eigenvalue weighted by Gasteiger charge is -1.94. The van der Waals surface area contributed by atoms with Crippen LogP contribution in [0.25, 0.3) is 0 Å². The number of hydrogen-bond donors (Lipinski definition) is 2. The Morgan fingerprint density at radius 2 is 2.38 bits per heavy atom. The molecule has 0 aliphatic rings. The lowest BCUT2D eigenvalue weighted by molar-refractivity contribution is 0.561. The molecule has 0 unspecified atom stereocenters. The average molecular weight is 197 g/mol. The zero-order valence-corrected chi connectivity index (χ0v) is 7.43. The zero-order chi connectivity index (χ0) is 9.26. The van der Waals surface area contributed by atoms with Crippen LogP contribution in [0.5, 0.6) is 0 Å². The summed E-state index contributed by atoms with van der Waals surface area (Å²) < 4.78 is 6.67. The van der Waals surface area contributed by atoms with E-state index in [1.165, 1.54) is 4.57 Å². The Hall–Kier alpha value is -1.56. The first-order valence-electron chi connectivity index (χ1n) is 3.66. The summed E-state index contributed by atoms with van der Waals surface area (Å²) in [6, 6.07) is 1.79. The Labute approximate surface area is 78.0 Å². The fraction of sp³-hybridized carbons (Fsp3) is 0.143. The van der Waals surface area contributed by atoms with E-state index in [1.54, 1.807) is 18.6 Å². The maximum absolute atomic E-state index is 11.1. The lowest BCUT2D eigenvalue weighted by Crippen LogP contribution is -2.17. The number of hydrogen-bond acceptors (Lipinski definition) is 3. The normalized spacial score (nSPS) is 10.5. The van der Waals surface area contributed by atoms with E-state index in [4.69, 9.17) is 16.6 Å². The van der Waals surface area contributed by atoms with Crippen molar-refractivity contribution in [2.24, 2.45) is 0 Å².